The van der Waals surface area contributed by atoms with Gasteiger partial charge in [-0.25, -0.2) is 4.98 Å². The molecule has 0 aliphatic heterocycles. The maximum Gasteiger partial charge on any atom is 0.148 e. The van der Waals surface area contributed by atoms with Gasteiger partial charge in [-0.2, -0.15) is 10.5 Å². The van der Waals surface area contributed by atoms with Gasteiger partial charge in [0.05, 0.1) is 33.2 Å². The highest BCUT2D eigenvalue weighted by Gasteiger charge is 2.29. The van der Waals surface area contributed by atoms with Crippen molar-refractivity contribution in [2.45, 2.75) is 0 Å². The van der Waals surface area contributed by atoms with E-state index in [4.69, 9.17) is 4.98 Å². The number of benzene rings is 7. The topological polar surface area (TPSA) is 70.3 Å². The Balaban J connectivity index is 1.51. The van der Waals surface area contributed by atoms with Gasteiger partial charge in [0.15, 0.2) is 0 Å². The lowest BCUT2D eigenvalue weighted by atomic mass is 9.86. The van der Waals surface area contributed by atoms with Crippen LogP contribution in [-0.4, -0.2) is 14.1 Å². The molecule has 0 fully saturated rings. The van der Waals surface area contributed by atoms with E-state index in [1.165, 1.54) is 0 Å². The fraction of sp³-hybridized carbons (Fsp3) is 0. The van der Waals surface area contributed by atoms with E-state index in [-0.39, 0.29) is 0 Å². The molecule has 0 unspecified atom stereocenters. The normalized spacial score (nSPS) is 11.3. The Labute approximate surface area is 311 Å². The van der Waals surface area contributed by atoms with Gasteiger partial charge < -0.3 is 0 Å². The minimum atomic E-state index is 0.321. The molecular formula is C49H29N5. The van der Waals surface area contributed by atoms with Gasteiger partial charge in [0, 0.05) is 38.2 Å². The molecule has 54 heavy (non-hydrogen) atoms. The van der Waals surface area contributed by atoms with Crippen molar-refractivity contribution in [3.8, 4) is 57.2 Å². The zero-order valence-electron chi connectivity index (χ0n) is 29.0. The molecule has 250 valence electrons. The number of fused-ring (bicyclic) bond motifs is 6. The third-order valence-corrected chi connectivity index (χ3v) is 10.4. The van der Waals surface area contributed by atoms with E-state index in [9.17, 15) is 10.5 Å². The molecule has 0 aliphatic carbocycles. The Kier molecular flexibility index (Phi) is 7.18. The molecule has 5 heteroatoms. The zero-order valence-corrected chi connectivity index (χ0v) is 29.0. The lowest BCUT2D eigenvalue weighted by molar-refractivity contribution is 1.02. The SMILES string of the molecule is N#Cc1ccc(-c2c(-c3ccccc3)c(-n3c4ccccc4c4ccccc43)nc(-n3c4ccccc4c4ccccc43)c2-c2ccccc2)cc1C#N. The average Bonchev–Trinajstić information content (AvgIpc) is 3.76. The van der Waals surface area contributed by atoms with Gasteiger partial charge in [0.2, 0.25) is 0 Å². The van der Waals surface area contributed by atoms with Gasteiger partial charge in [-0.1, -0.05) is 140 Å². The van der Waals surface area contributed by atoms with Crippen LogP contribution in [0.5, 0.6) is 0 Å². The van der Waals surface area contributed by atoms with E-state index in [0.717, 1.165) is 88.6 Å². The van der Waals surface area contributed by atoms with Gasteiger partial charge in [-0.3, -0.25) is 9.13 Å². The first-order valence-corrected chi connectivity index (χ1v) is 17.9. The Bertz CT molecular complexity index is 2890. The fourth-order valence-electron chi connectivity index (χ4n) is 8.12. The van der Waals surface area contributed by atoms with Gasteiger partial charge in [-0.05, 0) is 53.1 Å². The van der Waals surface area contributed by atoms with Crippen LogP contribution in [0.4, 0.5) is 0 Å². The zero-order chi connectivity index (χ0) is 36.2. The first-order chi connectivity index (χ1) is 26.7. The summed E-state index contributed by atoms with van der Waals surface area (Å²) in [6.07, 6.45) is 0. The summed E-state index contributed by atoms with van der Waals surface area (Å²) in [5.74, 6) is 1.51. The summed E-state index contributed by atoms with van der Waals surface area (Å²) in [7, 11) is 0. The van der Waals surface area contributed by atoms with Crippen LogP contribution in [0.15, 0.2) is 176 Å². The van der Waals surface area contributed by atoms with Crippen LogP contribution in [0, 0.1) is 22.7 Å². The first kappa shape index (κ1) is 31.0. The van der Waals surface area contributed by atoms with Crippen molar-refractivity contribution in [3.05, 3.63) is 187 Å². The second kappa shape index (κ2) is 12.5. The highest BCUT2D eigenvalue weighted by atomic mass is 15.1. The van der Waals surface area contributed by atoms with Crippen molar-refractivity contribution in [1.29, 1.82) is 10.5 Å². The summed E-state index contributed by atoms with van der Waals surface area (Å²) >= 11 is 0. The van der Waals surface area contributed by atoms with Gasteiger partial charge >= 0.3 is 0 Å². The number of nitrogens with zero attached hydrogens (tertiary/aromatic N) is 5. The van der Waals surface area contributed by atoms with E-state index in [1.54, 1.807) is 6.07 Å². The summed E-state index contributed by atoms with van der Waals surface area (Å²) in [6, 6.07) is 64.8. The molecule has 3 heterocycles. The Morgan fingerprint density at radius 2 is 0.722 bits per heavy atom. The molecule has 5 nitrogen and oxygen atoms in total. The Morgan fingerprint density at radius 1 is 0.352 bits per heavy atom. The van der Waals surface area contributed by atoms with Crippen LogP contribution in [0.1, 0.15) is 11.1 Å². The number of nitriles is 2. The number of pyridine rings is 1. The van der Waals surface area contributed by atoms with Gasteiger partial charge in [-0.15, -0.1) is 0 Å². The molecule has 0 saturated heterocycles. The average molecular weight is 688 g/mol. The smallest absolute Gasteiger partial charge is 0.148 e. The first-order valence-electron chi connectivity index (χ1n) is 17.9. The quantitative estimate of drug-likeness (QED) is 0.181. The predicted molar refractivity (Wildman–Crippen MR) is 219 cm³/mol. The highest BCUT2D eigenvalue weighted by molar-refractivity contribution is 6.12. The molecule has 10 aromatic rings. The predicted octanol–water partition coefficient (Wildman–Crippen LogP) is 12.0. The summed E-state index contributed by atoms with van der Waals surface area (Å²) in [6.45, 7) is 0. The van der Waals surface area contributed by atoms with E-state index in [0.29, 0.717) is 11.1 Å². The van der Waals surface area contributed by atoms with E-state index in [2.05, 4.69) is 167 Å². The third kappa shape index (κ3) is 4.67. The molecule has 0 N–H and O–H groups in total. The van der Waals surface area contributed by atoms with Crippen molar-refractivity contribution in [2.75, 3.05) is 0 Å². The molecule has 0 amide bonds. The Hall–Kier alpha value is -7.73. The highest BCUT2D eigenvalue weighted by Crippen LogP contribution is 2.48. The largest absolute Gasteiger partial charge is 0.293 e. The van der Waals surface area contributed by atoms with Gasteiger partial charge in [0.25, 0.3) is 0 Å². The molecule has 0 saturated carbocycles. The van der Waals surface area contributed by atoms with Crippen molar-refractivity contribution >= 4 is 43.6 Å². The molecule has 0 bridgehead atoms. The maximum absolute atomic E-state index is 10.4. The number of rotatable bonds is 5. The minimum Gasteiger partial charge on any atom is -0.293 e. The molecule has 0 aliphatic rings. The number of hydrogen-bond acceptors (Lipinski definition) is 3. The number of para-hydroxylation sites is 4. The van der Waals surface area contributed by atoms with Crippen LogP contribution >= 0.6 is 0 Å². The van der Waals surface area contributed by atoms with Crippen LogP contribution in [-0.2, 0) is 0 Å². The minimum absolute atomic E-state index is 0.321. The Morgan fingerprint density at radius 3 is 1.11 bits per heavy atom. The fourth-order valence-corrected chi connectivity index (χ4v) is 8.12. The summed E-state index contributed by atoms with van der Waals surface area (Å²) in [5.41, 5.74) is 10.3. The monoisotopic (exact) mass is 687 g/mol. The number of hydrogen-bond donors (Lipinski definition) is 0. The molecule has 0 spiro atoms. The molecule has 0 atom stereocenters. The van der Waals surface area contributed by atoms with Crippen LogP contribution in [0.3, 0.4) is 0 Å². The van der Waals surface area contributed by atoms with E-state index >= 15 is 0 Å². The molecule has 10 rings (SSSR count). The van der Waals surface area contributed by atoms with Crippen molar-refractivity contribution < 1.29 is 0 Å². The van der Waals surface area contributed by atoms with Crippen molar-refractivity contribution in [1.82, 2.24) is 14.1 Å². The molecule has 3 aromatic heterocycles. The van der Waals surface area contributed by atoms with Crippen LogP contribution in [0.2, 0.25) is 0 Å². The lowest BCUT2D eigenvalue weighted by Crippen LogP contribution is -2.10. The summed E-state index contributed by atoms with van der Waals surface area (Å²) in [5, 5.41) is 24.9. The molecule has 7 aromatic carbocycles. The van der Waals surface area contributed by atoms with Crippen LogP contribution < -0.4 is 0 Å². The second-order valence-corrected chi connectivity index (χ2v) is 13.3. The van der Waals surface area contributed by atoms with E-state index in [1.807, 2.05) is 24.3 Å². The summed E-state index contributed by atoms with van der Waals surface area (Å²) in [4.78, 5) is 5.88. The standard InChI is InChI=1S/C49H29N5/c50-30-35-28-27-34(29-36(35)31-51)45-46(32-15-3-1-4-16-32)48(53-41-23-11-7-19-37(41)38-20-8-12-24-42(38)53)52-49(47(45)33-17-5-2-6-18-33)54-43-25-13-9-21-39(43)40-22-10-14-26-44(40)54/h1-29H. The van der Waals surface area contributed by atoms with Crippen molar-refractivity contribution in [2.24, 2.45) is 0 Å². The van der Waals surface area contributed by atoms with Gasteiger partial charge in [0.1, 0.15) is 23.8 Å². The molecular weight excluding hydrogens is 659 g/mol. The second-order valence-electron chi connectivity index (χ2n) is 13.3. The maximum atomic E-state index is 10.4. The van der Waals surface area contributed by atoms with Crippen molar-refractivity contribution in [3.63, 3.8) is 0 Å². The van der Waals surface area contributed by atoms with Crippen LogP contribution in [0.25, 0.3) is 88.6 Å². The summed E-state index contributed by atoms with van der Waals surface area (Å²) < 4.78 is 4.58. The molecule has 0 radical (unpaired) electrons. The van der Waals surface area contributed by atoms with E-state index < -0.39 is 0 Å². The lowest BCUT2D eigenvalue weighted by Gasteiger charge is -2.25. The number of aromatic nitrogens is 3. The third-order valence-electron chi connectivity index (χ3n) is 10.4.